The quantitative estimate of drug-likeness (QED) is 0.428. The van der Waals surface area contributed by atoms with Crippen molar-refractivity contribution in [3.05, 3.63) is 63.2 Å². The van der Waals surface area contributed by atoms with Crippen molar-refractivity contribution in [1.82, 2.24) is 4.90 Å². The minimum absolute atomic E-state index is 0.102. The van der Waals surface area contributed by atoms with Crippen LogP contribution < -0.4 is 10.2 Å². The van der Waals surface area contributed by atoms with Crippen LogP contribution in [0.5, 0.6) is 0 Å². The van der Waals surface area contributed by atoms with Gasteiger partial charge in [-0.05, 0) is 49.9 Å². The first-order valence-electron chi connectivity index (χ1n) is 11.7. The molecule has 3 fully saturated rings. The van der Waals surface area contributed by atoms with E-state index in [2.05, 4.69) is 10.2 Å². The molecule has 9 heteroatoms. The Bertz CT molecular complexity index is 1310. The highest BCUT2D eigenvalue weighted by molar-refractivity contribution is 6.26. The number of nitrogens with zero attached hydrogens (tertiary/aromatic N) is 3. The summed E-state index contributed by atoms with van der Waals surface area (Å²) in [6.45, 7) is 4.32. The van der Waals surface area contributed by atoms with E-state index in [-0.39, 0.29) is 23.5 Å². The normalized spacial score (nSPS) is 29.5. The van der Waals surface area contributed by atoms with Crippen LogP contribution in [0.1, 0.15) is 36.5 Å². The molecule has 3 saturated heterocycles. The number of non-ortho nitro benzene ring substituents is 1. The van der Waals surface area contributed by atoms with Crippen molar-refractivity contribution >= 4 is 34.8 Å². The number of amides is 3. The molecule has 1 spiro atoms. The third-order valence-corrected chi connectivity index (χ3v) is 8.13. The average molecular weight is 460 g/mol. The Morgan fingerprint density at radius 3 is 2.68 bits per heavy atom. The Balaban J connectivity index is 1.53. The summed E-state index contributed by atoms with van der Waals surface area (Å²) in [5.74, 6) is -2.45. The number of anilines is 2. The van der Waals surface area contributed by atoms with Gasteiger partial charge in [-0.2, -0.15) is 0 Å². The lowest BCUT2D eigenvalue weighted by molar-refractivity contribution is -0.384. The fourth-order valence-electron chi connectivity index (χ4n) is 6.83. The standard InChI is InChI=1S/C25H24N4O5/c1-3-14-6-4-7-16-21(14)26-24(32)25(16)20-19(18-8-5-11-27(18)25)22(30)28(23(20)31)17-10-9-15(29(33)34)12-13(17)2/h4,6-7,9-10,12,18-20H,3,5,8,11H2,1-2H3,(H,26,32)/t18-,19-,20+,25-/m1/s1. The minimum Gasteiger partial charge on any atom is -0.324 e. The molecular weight excluding hydrogens is 436 g/mol. The number of fused-ring (bicyclic) bond motifs is 7. The number of hydrogen-bond acceptors (Lipinski definition) is 6. The summed E-state index contributed by atoms with van der Waals surface area (Å²) in [6.07, 6.45) is 2.33. The molecule has 174 valence electrons. The Morgan fingerprint density at radius 1 is 1.18 bits per heavy atom. The smallest absolute Gasteiger partial charge is 0.269 e. The molecule has 0 saturated carbocycles. The van der Waals surface area contributed by atoms with Gasteiger partial charge in [-0.3, -0.25) is 29.4 Å². The first-order chi connectivity index (χ1) is 16.3. The van der Waals surface area contributed by atoms with E-state index in [0.717, 1.165) is 36.1 Å². The fraction of sp³-hybridized carbons (Fsp3) is 0.400. The molecule has 0 aliphatic carbocycles. The maximum atomic E-state index is 14.0. The van der Waals surface area contributed by atoms with Gasteiger partial charge < -0.3 is 5.32 Å². The SMILES string of the molecule is CCc1cccc2c1NC(=O)[C@]21[C@@H]2C(=O)N(c3ccc([N+](=O)[O-])cc3C)C(=O)[C@@H]2[C@H]2CCCN21. The van der Waals surface area contributed by atoms with E-state index >= 15 is 0 Å². The topological polar surface area (TPSA) is 113 Å². The van der Waals surface area contributed by atoms with Crippen molar-refractivity contribution in [2.75, 3.05) is 16.8 Å². The highest BCUT2D eigenvalue weighted by atomic mass is 16.6. The number of nitrogens with one attached hydrogen (secondary N) is 1. The first-order valence-corrected chi connectivity index (χ1v) is 11.7. The summed E-state index contributed by atoms with van der Waals surface area (Å²) < 4.78 is 0. The molecule has 0 aromatic heterocycles. The number of carbonyl (C=O) groups is 3. The largest absolute Gasteiger partial charge is 0.324 e. The maximum absolute atomic E-state index is 14.0. The van der Waals surface area contributed by atoms with Gasteiger partial charge >= 0.3 is 0 Å². The number of nitro groups is 1. The summed E-state index contributed by atoms with van der Waals surface area (Å²) in [5.41, 5.74) is 2.03. The first kappa shape index (κ1) is 21.0. The van der Waals surface area contributed by atoms with Crippen LogP contribution in [0.25, 0.3) is 0 Å². The van der Waals surface area contributed by atoms with Crippen LogP contribution >= 0.6 is 0 Å². The highest BCUT2D eigenvalue weighted by Gasteiger charge is 2.74. The van der Waals surface area contributed by atoms with Crippen molar-refractivity contribution in [3.63, 3.8) is 0 Å². The van der Waals surface area contributed by atoms with Crippen molar-refractivity contribution < 1.29 is 19.3 Å². The van der Waals surface area contributed by atoms with Gasteiger partial charge in [0.2, 0.25) is 17.7 Å². The highest BCUT2D eigenvalue weighted by Crippen LogP contribution is 2.61. The second-order valence-electron chi connectivity index (χ2n) is 9.56. The molecule has 6 rings (SSSR count). The predicted molar refractivity (Wildman–Crippen MR) is 123 cm³/mol. The molecule has 2 aromatic carbocycles. The molecular formula is C25H24N4O5. The van der Waals surface area contributed by atoms with Gasteiger partial charge in [0.25, 0.3) is 5.69 Å². The molecule has 3 amide bonds. The van der Waals surface area contributed by atoms with Gasteiger partial charge in [-0.1, -0.05) is 25.1 Å². The third-order valence-electron chi connectivity index (χ3n) is 8.13. The molecule has 1 N–H and O–H groups in total. The second kappa shape index (κ2) is 6.96. The number of benzene rings is 2. The van der Waals surface area contributed by atoms with E-state index in [4.69, 9.17) is 0 Å². The van der Waals surface area contributed by atoms with Crippen LogP contribution in [0.15, 0.2) is 36.4 Å². The lowest BCUT2D eigenvalue weighted by Crippen LogP contribution is -2.54. The second-order valence-corrected chi connectivity index (χ2v) is 9.56. The molecule has 0 radical (unpaired) electrons. The third kappa shape index (κ3) is 2.34. The number of aryl methyl sites for hydroxylation is 2. The van der Waals surface area contributed by atoms with E-state index in [1.807, 2.05) is 25.1 Å². The summed E-state index contributed by atoms with van der Waals surface area (Å²) >= 11 is 0. The molecule has 4 atom stereocenters. The molecule has 2 aromatic rings. The Hall–Kier alpha value is -3.59. The predicted octanol–water partition coefficient (Wildman–Crippen LogP) is 2.90. The van der Waals surface area contributed by atoms with E-state index in [9.17, 15) is 24.5 Å². The van der Waals surface area contributed by atoms with Gasteiger partial charge in [0.15, 0.2) is 0 Å². The number of para-hydroxylation sites is 1. The van der Waals surface area contributed by atoms with Crippen LogP contribution in [-0.4, -0.2) is 40.1 Å². The molecule has 4 aliphatic rings. The molecule has 4 heterocycles. The fourth-order valence-corrected chi connectivity index (χ4v) is 6.83. The van der Waals surface area contributed by atoms with Gasteiger partial charge in [-0.25, -0.2) is 4.90 Å². The van der Waals surface area contributed by atoms with E-state index in [1.165, 1.54) is 23.1 Å². The molecule has 0 bridgehead atoms. The van der Waals surface area contributed by atoms with Gasteiger partial charge in [0, 0.05) is 29.4 Å². The van der Waals surface area contributed by atoms with Crippen LogP contribution in [0.2, 0.25) is 0 Å². The lowest BCUT2D eigenvalue weighted by Gasteiger charge is -2.36. The van der Waals surface area contributed by atoms with Crippen molar-refractivity contribution in [2.45, 2.75) is 44.7 Å². The summed E-state index contributed by atoms with van der Waals surface area (Å²) in [4.78, 5) is 55.6. The zero-order valence-electron chi connectivity index (χ0n) is 18.9. The van der Waals surface area contributed by atoms with Crippen LogP contribution in [0, 0.1) is 28.9 Å². The zero-order chi connectivity index (χ0) is 23.9. The van der Waals surface area contributed by atoms with Gasteiger partial charge in [-0.15, -0.1) is 0 Å². The van der Waals surface area contributed by atoms with E-state index < -0.39 is 28.2 Å². The lowest BCUT2D eigenvalue weighted by atomic mass is 9.75. The summed E-state index contributed by atoms with van der Waals surface area (Å²) in [5, 5.41) is 14.2. The Kier molecular flexibility index (Phi) is 4.29. The van der Waals surface area contributed by atoms with Crippen LogP contribution in [0.3, 0.4) is 0 Å². The molecule has 4 aliphatic heterocycles. The van der Waals surface area contributed by atoms with Crippen LogP contribution in [-0.2, 0) is 26.3 Å². The van der Waals surface area contributed by atoms with Crippen molar-refractivity contribution in [1.29, 1.82) is 0 Å². The number of carbonyl (C=O) groups excluding carboxylic acids is 3. The number of hydrogen-bond donors (Lipinski definition) is 1. The Morgan fingerprint density at radius 2 is 1.97 bits per heavy atom. The van der Waals surface area contributed by atoms with E-state index in [0.29, 0.717) is 17.8 Å². The minimum atomic E-state index is -1.22. The number of nitro benzene ring substituents is 1. The molecule has 34 heavy (non-hydrogen) atoms. The summed E-state index contributed by atoms with van der Waals surface area (Å²) in [6, 6.07) is 9.72. The van der Waals surface area contributed by atoms with E-state index in [1.54, 1.807) is 6.92 Å². The van der Waals surface area contributed by atoms with Crippen molar-refractivity contribution in [3.8, 4) is 0 Å². The average Bonchev–Trinajstić information content (AvgIpc) is 3.52. The maximum Gasteiger partial charge on any atom is 0.269 e. The Labute approximate surface area is 195 Å². The molecule has 9 nitrogen and oxygen atoms in total. The zero-order valence-corrected chi connectivity index (χ0v) is 18.9. The number of imide groups is 1. The van der Waals surface area contributed by atoms with Gasteiger partial charge in [0.05, 0.1) is 22.4 Å². The van der Waals surface area contributed by atoms with Crippen molar-refractivity contribution in [2.24, 2.45) is 11.8 Å². The van der Waals surface area contributed by atoms with Gasteiger partial charge in [0.1, 0.15) is 5.54 Å². The summed E-state index contributed by atoms with van der Waals surface area (Å²) in [7, 11) is 0. The monoisotopic (exact) mass is 460 g/mol. The van der Waals surface area contributed by atoms with Crippen LogP contribution in [0.4, 0.5) is 17.1 Å². The molecule has 0 unspecified atom stereocenters. The number of rotatable bonds is 3.